The molecule has 2 aromatic carbocycles. The summed E-state index contributed by atoms with van der Waals surface area (Å²) in [5.74, 6) is -0.336. The minimum atomic E-state index is -3.57. The van der Waals surface area contributed by atoms with E-state index in [2.05, 4.69) is 11.4 Å². The molecule has 3 rings (SSSR count). The summed E-state index contributed by atoms with van der Waals surface area (Å²) < 4.78 is 25.7. The monoisotopic (exact) mass is 372 g/mol. The summed E-state index contributed by atoms with van der Waals surface area (Å²) in [6.07, 6.45) is 5.37. The molecule has 0 bridgehead atoms. The maximum absolute atomic E-state index is 12.6. The topological polar surface area (TPSA) is 66.5 Å². The zero-order valence-corrected chi connectivity index (χ0v) is 16.0. The Balaban J connectivity index is 1.83. The highest BCUT2D eigenvalue weighted by Gasteiger charge is 2.23. The number of para-hydroxylation sites is 1. The van der Waals surface area contributed by atoms with Gasteiger partial charge in [0.25, 0.3) is 0 Å². The van der Waals surface area contributed by atoms with E-state index in [-0.39, 0.29) is 12.5 Å². The molecule has 0 fully saturated rings. The summed E-state index contributed by atoms with van der Waals surface area (Å²) in [7, 11) is -3.57. The average molecular weight is 372 g/mol. The molecule has 1 N–H and O–H groups in total. The fraction of sp³-hybridized carbons (Fsp3) is 0.350. The van der Waals surface area contributed by atoms with Gasteiger partial charge in [-0.25, -0.2) is 8.42 Å². The Morgan fingerprint density at radius 3 is 2.54 bits per heavy atom. The zero-order chi connectivity index (χ0) is 18.7. The summed E-state index contributed by atoms with van der Waals surface area (Å²) >= 11 is 0. The van der Waals surface area contributed by atoms with Crippen molar-refractivity contribution in [2.75, 3.05) is 22.4 Å². The molecule has 1 aliphatic carbocycles. The molecule has 0 saturated heterocycles. The van der Waals surface area contributed by atoms with Crippen molar-refractivity contribution < 1.29 is 13.2 Å². The number of hydrogen-bond donors (Lipinski definition) is 1. The van der Waals surface area contributed by atoms with Crippen LogP contribution in [0, 0.1) is 6.92 Å². The number of carbonyl (C=O) groups is 1. The molecule has 0 unspecified atom stereocenters. The van der Waals surface area contributed by atoms with E-state index in [0.29, 0.717) is 5.69 Å². The predicted molar refractivity (Wildman–Crippen MR) is 105 cm³/mol. The third kappa shape index (κ3) is 4.07. The van der Waals surface area contributed by atoms with E-state index in [0.717, 1.165) is 41.1 Å². The number of carbonyl (C=O) groups excluding carboxylic acids is 1. The van der Waals surface area contributed by atoms with Crippen LogP contribution >= 0.6 is 0 Å². The Morgan fingerprint density at radius 1 is 1.08 bits per heavy atom. The van der Waals surface area contributed by atoms with Gasteiger partial charge < -0.3 is 5.32 Å². The molecule has 0 aliphatic heterocycles. The Kier molecular flexibility index (Phi) is 5.32. The normalized spacial score (nSPS) is 13.8. The van der Waals surface area contributed by atoms with Crippen molar-refractivity contribution in [2.45, 2.75) is 32.6 Å². The lowest BCUT2D eigenvalue weighted by molar-refractivity contribution is -0.114. The molecular formula is C20H24N2O3S. The van der Waals surface area contributed by atoms with Crippen molar-refractivity contribution in [1.82, 2.24) is 0 Å². The van der Waals surface area contributed by atoms with Crippen molar-refractivity contribution in [3.63, 3.8) is 0 Å². The number of nitrogens with zero attached hydrogens (tertiary/aromatic N) is 1. The number of rotatable bonds is 5. The first-order valence-electron chi connectivity index (χ1n) is 8.80. The third-order valence-electron chi connectivity index (χ3n) is 4.74. The quantitative estimate of drug-likeness (QED) is 0.876. The van der Waals surface area contributed by atoms with Gasteiger partial charge in [0.2, 0.25) is 15.9 Å². The van der Waals surface area contributed by atoms with Crippen LogP contribution in [0.2, 0.25) is 0 Å². The molecule has 138 valence electrons. The SMILES string of the molecule is Cc1ccccc1N(CC(=O)Nc1cccc2c1CCCC2)S(C)(=O)=O. The summed E-state index contributed by atoms with van der Waals surface area (Å²) in [6, 6.07) is 13.1. The van der Waals surface area contributed by atoms with Crippen LogP contribution < -0.4 is 9.62 Å². The Bertz CT molecular complexity index is 922. The highest BCUT2D eigenvalue weighted by molar-refractivity contribution is 7.92. The first-order valence-corrected chi connectivity index (χ1v) is 10.6. The van der Waals surface area contributed by atoms with Gasteiger partial charge in [-0.05, 0) is 61.4 Å². The van der Waals surface area contributed by atoms with Gasteiger partial charge in [0.05, 0.1) is 11.9 Å². The van der Waals surface area contributed by atoms with Crippen molar-refractivity contribution in [2.24, 2.45) is 0 Å². The minimum absolute atomic E-state index is 0.243. The maximum atomic E-state index is 12.6. The van der Waals surface area contributed by atoms with Crippen LogP contribution in [0.5, 0.6) is 0 Å². The summed E-state index contributed by atoms with van der Waals surface area (Å²) in [4.78, 5) is 12.6. The average Bonchev–Trinajstić information content (AvgIpc) is 2.60. The van der Waals surface area contributed by atoms with E-state index in [9.17, 15) is 13.2 Å². The van der Waals surface area contributed by atoms with Crippen LogP contribution in [0.1, 0.15) is 29.5 Å². The first-order chi connectivity index (χ1) is 12.4. The molecule has 2 aromatic rings. The van der Waals surface area contributed by atoms with Crippen LogP contribution in [0.3, 0.4) is 0 Å². The van der Waals surface area contributed by atoms with E-state index in [4.69, 9.17) is 0 Å². The smallest absolute Gasteiger partial charge is 0.245 e. The second kappa shape index (κ2) is 7.50. The van der Waals surface area contributed by atoms with Gasteiger partial charge in [-0.15, -0.1) is 0 Å². The largest absolute Gasteiger partial charge is 0.324 e. The number of amides is 1. The van der Waals surface area contributed by atoms with Gasteiger partial charge in [-0.1, -0.05) is 30.3 Å². The fourth-order valence-electron chi connectivity index (χ4n) is 3.44. The van der Waals surface area contributed by atoms with Crippen LogP contribution in [0.15, 0.2) is 42.5 Å². The van der Waals surface area contributed by atoms with E-state index in [1.54, 1.807) is 12.1 Å². The van der Waals surface area contributed by atoms with Gasteiger partial charge in [0.15, 0.2) is 0 Å². The summed E-state index contributed by atoms with van der Waals surface area (Å²) in [5, 5.41) is 2.92. The van der Waals surface area contributed by atoms with Gasteiger partial charge in [0.1, 0.15) is 6.54 Å². The molecule has 0 saturated carbocycles. The highest BCUT2D eigenvalue weighted by Crippen LogP contribution is 2.28. The number of benzene rings is 2. The fourth-order valence-corrected chi connectivity index (χ4v) is 4.36. The molecular weight excluding hydrogens is 348 g/mol. The van der Waals surface area contributed by atoms with Crippen LogP contribution in [0.25, 0.3) is 0 Å². The van der Waals surface area contributed by atoms with Gasteiger partial charge in [0, 0.05) is 5.69 Å². The summed E-state index contributed by atoms with van der Waals surface area (Å²) in [5.41, 5.74) is 4.58. The van der Waals surface area contributed by atoms with E-state index >= 15 is 0 Å². The highest BCUT2D eigenvalue weighted by atomic mass is 32.2. The van der Waals surface area contributed by atoms with Crippen molar-refractivity contribution in [3.8, 4) is 0 Å². The number of sulfonamides is 1. The van der Waals surface area contributed by atoms with Crippen molar-refractivity contribution in [1.29, 1.82) is 0 Å². The van der Waals surface area contributed by atoms with Crippen molar-refractivity contribution in [3.05, 3.63) is 59.2 Å². The van der Waals surface area contributed by atoms with E-state index in [1.165, 1.54) is 17.5 Å². The zero-order valence-electron chi connectivity index (χ0n) is 15.2. The third-order valence-corrected chi connectivity index (χ3v) is 5.87. The second-order valence-corrected chi connectivity index (χ2v) is 8.66. The summed E-state index contributed by atoms with van der Waals surface area (Å²) in [6.45, 7) is 1.59. The number of nitrogens with one attached hydrogen (secondary N) is 1. The Morgan fingerprint density at radius 2 is 1.81 bits per heavy atom. The van der Waals surface area contributed by atoms with Gasteiger partial charge in [-0.3, -0.25) is 9.10 Å². The molecule has 0 heterocycles. The minimum Gasteiger partial charge on any atom is -0.324 e. The maximum Gasteiger partial charge on any atom is 0.245 e. The molecule has 0 aromatic heterocycles. The Hall–Kier alpha value is -2.34. The molecule has 1 amide bonds. The van der Waals surface area contributed by atoms with Crippen LogP contribution in [-0.2, 0) is 27.7 Å². The lowest BCUT2D eigenvalue weighted by atomic mass is 9.90. The number of aryl methyl sites for hydroxylation is 2. The number of fused-ring (bicyclic) bond motifs is 1. The lowest BCUT2D eigenvalue weighted by Gasteiger charge is -2.24. The molecule has 0 radical (unpaired) electrons. The van der Waals surface area contributed by atoms with Crippen molar-refractivity contribution >= 4 is 27.3 Å². The molecule has 26 heavy (non-hydrogen) atoms. The standard InChI is InChI=1S/C20H24N2O3S/c1-15-8-3-6-13-19(15)22(26(2,24)25)14-20(23)21-18-12-7-10-16-9-4-5-11-17(16)18/h3,6-8,10,12-13H,4-5,9,11,14H2,1-2H3,(H,21,23). The lowest BCUT2D eigenvalue weighted by Crippen LogP contribution is -2.38. The van der Waals surface area contributed by atoms with Gasteiger partial charge >= 0.3 is 0 Å². The molecule has 5 nitrogen and oxygen atoms in total. The second-order valence-electron chi connectivity index (χ2n) is 6.75. The van der Waals surface area contributed by atoms with E-state index in [1.807, 2.05) is 31.2 Å². The molecule has 0 atom stereocenters. The van der Waals surface area contributed by atoms with Gasteiger partial charge in [-0.2, -0.15) is 0 Å². The number of hydrogen-bond acceptors (Lipinski definition) is 3. The molecule has 6 heteroatoms. The first kappa shape index (κ1) is 18.5. The van der Waals surface area contributed by atoms with Crippen LogP contribution in [-0.4, -0.2) is 27.1 Å². The van der Waals surface area contributed by atoms with Crippen LogP contribution in [0.4, 0.5) is 11.4 Å². The molecule has 0 spiro atoms. The number of anilines is 2. The molecule has 1 aliphatic rings. The predicted octanol–water partition coefficient (Wildman–Crippen LogP) is 3.28. The van der Waals surface area contributed by atoms with E-state index < -0.39 is 10.0 Å². The Labute approximate surface area is 155 Å².